The van der Waals surface area contributed by atoms with Crippen molar-refractivity contribution in [3.63, 3.8) is 0 Å². The summed E-state index contributed by atoms with van der Waals surface area (Å²) in [5, 5.41) is 8.36. The van der Waals surface area contributed by atoms with Gasteiger partial charge in [-0.15, -0.1) is 0 Å². The lowest BCUT2D eigenvalue weighted by atomic mass is 10.2. The lowest BCUT2D eigenvalue weighted by molar-refractivity contribution is 0.0656. The first-order chi connectivity index (χ1) is 8.90. The summed E-state index contributed by atoms with van der Waals surface area (Å²) in [5.41, 5.74) is 0.579. The summed E-state index contributed by atoms with van der Waals surface area (Å²) in [4.78, 5) is 10.7. The Morgan fingerprint density at radius 1 is 1.21 bits per heavy atom. The minimum absolute atomic E-state index is 0.263. The number of hydrogen-bond donors (Lipinski definition) is 1. The number of benzene rings is 1. The summed E-state index contributed by atoms with van der Waals surface area (Å²) in [6.07, 6.45) is 0. The molecule has 0 aliphatic rings. The van der Waals surface area contributed by atoms with E-state index in [1.165, 1.54) is 0 Å². The summed E-state index contributed by atoms with van der Waals surface area (Å²) in [6, 6.07) is 9.17. The molecule has 5 nitrogen and oxygen atoms in total. The highest BCUT2D eigenvalue weighted by Crippen LogP contribution is 2.23. The van der Waals surface area contributed by atoms with Crippen LogP contribution in [0.5, 0.6) is 0 Å². The molecule has 0 amide bonds. The zero-order chi connectivity index (χ0) is 14.0. The quantitative estimate of drug-likeness (QED) is 0.921. The van der Waals surface area contributed by atoms with Gasteiger partial charge in [-0.05, 0) is 23.8 Å². The Hall–Kier alpha value is -1.60. The lowest BCUT2D eigenvalue weighted by Gasteiger charge is -2.03. The van der Waals surface area contributed by atoms with Crippen LogP contribution in [0, 0.1) is 0 Å². The van der Waals surface area contributed by atoms with Crippen molar-refractivity contribution in [3.05, 3.63) is 52.2 Å². The van der Waals surface area contributed by atoms with Gasteiger partial charge in [0.2, 0.25) is 20.7 Å². The number of sulfone groups is 1. The number of carboxylic acid groups (broad SMARTS) is 1. The van der Waals surface area contributed by atoms with Crippen LogP contribution >= 0.6 is 15.9 Å². The van der Waals surface area contributed by atoms with E-state index in [4.69, 9.17) is 9.52 Å². The van der Waals surface area contributed by atoms with E-state index < -0.39 is 21.6 Å². The first-order valence-electron chi connectivity index (χ1n) is 5.19. The van der Waals surface area contributed by atoms with Crippen molar-refractivity contribution in [2.45, 2.75) is 10.8 Å². The zero-order valence-electron chi connectivity index (χ0n) is 9.54. The molecule has 2 aromatic rings. The zero-order valence-corrected chi connectivity index (χ0v) is 11.9. The summed E-state index contributed by atoms with van der Waals surface area (Å²) in [5.74, 6) is -1.96. The summed E-state index contributed by atoms with van der Waals surface area (Å²) >= 11 is 3.26. The van der Waals surface area contributed by atoms with Crippen molar-refractivity contribution in [2.75, 3.05) is 0 Å². The molecule has 0 saturated carbocycles. The maximum Gasteiger partial charge on any atom is 0.371 e. The molecule has 7 heteroatoms. The van der Waals surface area contributed by atoms with Crippen molar-refractivity contribution in [1.29, 1.82) is 0 Å². The van der Waals surface area contributed by atoms with Gasteiger partial charge in [0.05, 0.1) is 5.75 Å². The second-order valence-corrected chi connectivity index (χ2v) is 6.55. The molecule has 0 aliphatic carbocycles. The minimum atomic E-state index is -3.71. The van der Waals surface area contributed by atoms with Crippen molar-refractivity contribution in [3.8, 4) is 0 Å². The van der Waals surface area contributed by atoms with E-state index in [0.717, 1.165) is 12.1 Å². The van der Waals surface area contributed by atoms with E-state index in [-0.39, 0.29) is 10.8 Å². The van der Waals surface area contributed by atoms with Gasteiger partial charge in [0.1, 0.15) is 0 Å². The van der Waals surface area contributed by atoms with Gasteiger partial charge in [0, 0.05) is 4.47 Å². The second kappa shape index (κ2) is 5.18. The Labute approximate surface area is 117 Å². The number of rotatable bonds is 4. The first-order valence-corrected chi connectivity index (χ1v) is 7.64. The third-order valence-electron chi connectivity index (χ3n) is 2.40. The Bertz CT molecular complexity index is 717. The van der Waals surface area contributed by atoms with Gasteiger partial charge in [-0.1, -0.05) is 34.1 Å². The summed E-state index contributed by atoms with van der Waals surface area (Å²) in [7, 11) is -3.71. The molecule has 0 saturated heterocycles. The van der Waals surface area contributed by atoms with Gasteiger partial charge in [-0.25, -0.2) is 13.2 Å². The van der Waals surface area contributed by atoms with Crippen LogP contribution in [-0.2, 0) is 15.6 Å². The molecule has 2 rings (SSSR count). The maximum absolute atomic E-state index is 12.1. The molecule has 0 atom stereocenters. The molecule has 0 aliphatic heterocycles. The first kappa shape index (κ1) is 13.8. The van der Waals surface area contributed by atoms with Crippen molar-refractivity contribution >= 4 is 31.7 Å². The number of carbonyl (C=O) groups is 1. The van der Waals surface area contributed by atoms with Crippen LogP contribution in [0.15, 0.2) is 50.4 Å². The van der Waals surface area contributed by atoms with E-state index in [1.807, 2.05) is 0 Å². The highest BCUT2D eigenvalue weighted by molar-refractivity contribution is 9.10. The lowest BCUT2D eigenvalue weighted by Crippen LogP contribution is -2.04. The number of aromatic carboxylic acids is 1. The topological polar surface area (TPSA) is 84.6 Å². The van der Waals surface area contributed by atoms with Crippen LogP contribution in [0.4, 0.5) is 0 Å². The van der Waals surface area contributed by atoms with E-state index >= 15 is 0 Å². The Kier molecular flexibility index (Phi) is 3.77. The molecule has 0 radical (unpaired) electrons. The molecule has 1 N–H and O–H groups in total. The SMILES string of the molecule is O=C(O)c1ccc(S(=O)(=O)Cc2ccccc2Br)o1. The fourth-order valence-electron chi connectivity index (χ4n) is 1.49. The van der Waals surface area contributed by atoms with Gasteiger partial charge < -0.3 is 9.52 Å². The van der Waals surface area contributed by atoms with Gasteiger partial charge in [0.25, 0.3) is 0 Å². The molecule has 0 spiro atoms. The fourth-order valence-corrected chi connectivity index (χ4v) is 3.40. The largest absolute Gasteiger partial charge is 0.475 e. The van der Waals surface area contributed by atoms with Crippen LogP contribution in [0.2, 0.25) is 0 Å². The Morgan fingerprint density at radius 2 is 1.89 bits per heavy atom. The molecule has 1 heterocycles. The number of hydrogen-bond acceptors (Lipinski definition) is 4. The van der Waals surface area contributed by atoms with Gasteiger partial charge >= 0.3 is 5.97 Å². The standard InChI is InChI=1S/C12H9BrO5S/c13-9-4-2-1-3-8(9)7-19(16,17)11-6-5-10(18-11)12(14)15/h1-6H,7H2,(H,14,15). The predicted molar refractivity (Wildman–Crippen MR) is 70.7 cm³/mol. The van der Waals surface area contributed by atoms with Crippen LogP contribution in [0.25, 0.3) is 0 Å². The van der Waals surface area contributed by atoms with E-state index in [1.54, 1.807) is 24.3 Å². The maximum atomic E-state index is 12.1. The normalized spacial score (nSPS) is 11.4. The van der Waals surface area contributed by atoms with E-state index in [9.17, 15) is 13.2 Å². The average Bonchev–Trinajstić information content (AvgIpc) is 2.82. The third kappa shape index (κ3) is 3.05. The minimum Gasteiger partial charge on any atom is -0.475 e. The highest BCUT2D eigenvalue weighted by atomic mass is 79.9. The van der Waals surface area contributed by atoms with E-state index in [2.05, 4.69) is 15.9 Å². The van der Waals surface area contributed by atoms with Crippen molar-refractivity contribution in [1.82, 2.24) is 0 Å². The summed E-state index contributed by atoms with van der Waals surface area (Å²) < 4.78 is 29.7. The molecule has 1 aromatic carbocycles. The van der Waals surface area contributed by atoms with Crippen LogP contribution in [0.1, 0.15) is 16.1 Å². The molecular weight excluding hydrogens is 336 g/mol. The number of halogens is 1. The van der Waals surface area contributed by atoms with Gasteiger partial charge in [-0.2, -0.15) is 0 Å². The summed E-state index contributed by atoms with van der Waals surface area (Å²) in [6.45, 7) is 0. The average molecular weight is 345 g/mol. The smallest absolute Gasteiger partial charge is 0.371 e. The molecule has 100 valence electrons. The van der Waals surface area contributed by atoms with Crippen LogP contribution < -0.4 is 0 Å². The van der Waals surface area contributed by atoms with Gasteiger partial charge in [-0.3, -0.25) is 0 Å². The third-order valence-corrected chi connectivity index (χ3v) is 4.70. The highest BCUT2D eigenvalue weighted by Gasteiger charge is 2.22. The molecule has 1 aromatic heterocycles. The van der Waals surface area contributed by atoms with Gasteiger partial charge in [0.15, 0.2) is 0 Å². The fraction of sp³-hybridized carbons (Fsp3) is 0.0833. The number of carboxylic acids is 1. The van der Waals surface area contributed by atoms with Crippen molar-refractivity contribution < 1.29 is 22.7 Å². The Morgan fingerprint density at radius 3 is 2.47 bits per heavy atom. The van der Waals surface area contributed by atoms with E-state index in [0.29, 0.717) is 10.0 Å². The molecule has 0 bridgehead atoms. The monoisotopic (exact) mass is 344 g/mol. The second-order valence-electron chi connectivity index (χ2n) is 3.77. The molecule has 19 heavy (non-hydrogen) atoms. The molecule has 0 fully saturated rings. The predicted octanol–water partition coefficient (Wildman–Crippen LogP) is 2.71. The van der Waals surface area contributed by atoms with Crippen LogP contribution in [-0.4, -0.2) is 19.5 Å². The van der Waals surface area contributed by atoms with Crippen molar-refractivity contribution in [2.24, 2.45) is 0 Å². The molecular formula is C12H9BrO5S. The Balaban J connectivity index is 2.32. The number of furan rings is 1. The molecule has 0 unspecified atom stereocenters. The van der Waals surface area contributed by atoms with Crippen LogP contribution in [0.3, 0.4) is 0 Å².